The number of ether oxygens (including phenoxy) is 2. The predicted octanol–water partition coefficient (Wildman–Crippen LogP) is 0.686. The number of benzene rings is 1. The molecule has 30 heavy (non-hydrogen) atoms. The second-order valence-electron chi connectivity index (χ2n) is 7.09. The average Bonchev–Trinajstić information content (AvgIpc) is 3.33. The van der Waals surface area contributed by atoms with Crippen molar-refractivity contribution in [2.45, 2.75) is 39.3 Å². The molecule has 0 saturated carbocycles. The van der Waals surface area contributed by atoms with Gasteiger partial charge in [0.05, 0.1) is 23.3 Å². The van der Waals surface area contributed by atoms with Crippen LogP contribution in [-0.4, -0.2) is 42.3 Å². The Hall–Kier alpha value is -2.71. The average molecular weight is 431 g/mol. The number of nitrogens with one attached hydrogen (secondary N) is 1. The minimum atomic E-state index is -0.547. The second-order valence-corrected chi connectivity index (χ2v) is 8.15. The first-order valence-corrected chi connectivity index (χ1v) is 10.8. The van der Waals surface area contributed by atoms with Gasteiger partial charge >= 0.3 is 5.97 Å². The number of carbonyl (C=O) groups excluding carboxylic acids is 2. The lowest BCUT2D eigenvalue weighted by Crippen LogP contribution is -2.40. The number of hydrogen-bond acceptors (Lipinski definition) is 6. The van der Waals surface area contributed by atoms with Crippen LogP contribution >= 0.6 is 11.3 Å². The van der Waals surface area contributed by atoms with Gasteiger partial charge in [-0.3, -0.25) is 14.2 Å². The molecule has 1 aliphatic rings. The van der Waals surface area contributed by atoms with Gasteiger partial charge in [0.2, 0.25) is 5.91 Å². The van der Waals surface area contributed by atoms with Crippen molar-refractivity contribution in [1.82, 2.24) is 9.88 Å². The zero-order chi connectivity index (χ0) is 21.5. The Labute approximate surface area is 178 Å². The van der Waals surface area contributed by atoms with Gasteiger partial charge in [-0.15, -0.1) is 11.3 Å². The van der Waals surface area contributed by atoms with Crippen LogP contribution in [0.4, 0.5) is 0 Å². The fraction of sp³-hybridized carbons (Fsp3) is 0.409. The van der Waals surface area contributed by atoms with Gasteiger partial charge in [0.15, 0.2) is 0 Å². The van der Waals surface area contributed by atoms with Crippen LogP contribution in [0, 0.1) is 6.92 Å². The molecule has 0 bridgehead atoms. The Morgan fingerprint density at radius 3 is 2.77 bits per heavy atom. The summed E-state index contributed by atoms with van der Waals surface area (Å²) in [6.45, 7) is 4.88. The summed E-state index contributed by atoms with van der Waals surface area (Å²) in [4.78, 5) is 37.3. The monoisotopic (exact) mass is 430 g/mol. The minimum absolute atomic E-state index is 0.0177. The van der Waals surface area contributed by atoms with Crippen LogP contribution in [0.25, 0.3) is 12.2 Å². The normalized spacial score (nSPS) is 17.3. The smallest absolute Gasteiger partial charge is 0.333 e. The first-order chi connectivity index (χ1) is 14.5. The highest BCUT2D eigenvalue weighted by atomic mass is 32.1. The molecule has 8 heteroatoms. The molecule has 2 aromatic rings. The molecule has 0 radical (unpaired) electrons. The topological polar surface area (TPSA) is 86.6 Å². The largest absolute Gasteiger partial charge is 0.463 e. The number of aryl methyl sites for hydroxylation is 1. The first kappa shape index (κ1) is 22.0. The summed E-state index contributed by atoms with van der Waals surface area (Å²) in [5.41, 5.74) is 1.68. The Kier molecular flexibility index (Phi) is 7.59. The number of aromatic nitrogens is 1. The van der Waals surface area contributed by atoms with Crippen molar-refractivity contribution in [3.8, 4) is 0 Å². The molecule has 1 fully saturated rings. The van der Waals surface area contributed by atoms with E-state index in [1.165, 1.54) is 10.6 Å². The molecule has 0 spiro atoms. The van der Waals surface area contributed by atoms with Crippen molar-refractivity contribution in [3.63, 3.8) is 0 Å². The third kappa shape index (κ3) is 5.90. The summed E-state index contributed by atoms with van der Waals surface area (Å²) >= 11 is 1.16. The van der Waals surface area contributed by atoms with E-state index in [0.29, 0.717) is 22.3 Å². The van der Waals surface area contributed by atoms with Crippen LogP contribution < -0.4 is 20.1 Å². The second kappa shape index (κ2) is 10.4. The number of hydrogen-bond donors (Lipinski definition) is 1. The molecule has 1 atom stereocenters. The highest BCUT2D eigenvalue weighted by Crippen LogP contribution is 2.10. The van der Waals surface area contributed by atoms with Crippen molar-refractivity contribution >= 4 is 35.4 Å². The quantitative estimate of drug-likeness (QED) is 0.653. The summed E-state index contributed by atoms with van der Waals surface area (Å²) < 4.78 is 12.6. The number of amides is 1. The maximum atomic E-state index is 13.0. The van der Waals surface area contributed by atoms with E-state index < -0.39 is 5.97 Å². The number of rotatable bonds is 7. The van der Waals surface area contributed by atoms with Gasteiger partial charge in [-0.1, -0.05) is 29.8 Å². The van der Waals surface area contributed by atoms with Crippen LogP contribution in [0.1, 0.15) is 30.9 Å². The fourth-order valence-electron chi connectivity index (χ4n) is 3.12. The molecule has 1 aromatic carbocycles. The molecule has 2 heterocycles. The van der Waals surface area contributed by atoms with Gasteiger partial charge in [-0.2, -0.15) is 0 Å². The van der Waals surface area contributed by atoms with E-state index >= 15 is 0 Å². The lowest BCUT2D eigenvalue weighted by atomic mass is 10.1. The Morgan fingerprint density at radius 1 is 1.33 bits per heavy atom. The molecule has 1 amide bonds. The summed E-state index contributed by atoms with van der Waals surface area (Å²) in [6.07, 6.45) is 4.94. The summed E-state index contributed by atoms with van der Waals surface area (Å²) in [6, 6.07) is 7.76. The standard InChI is InChI=1S/C22H26N2O5S/c1-3-28-21(26)12-20-24(14-19(25)23-13-17-5-4-10-29-17)22(27)18(30-20)11-16-8-6-15(2)7-9-16/h6-9,11-12,17H,3-5,10,13-14H2,1-2H3,(H,23,25)/b18-11-,20-12-/t17-/m1/s1. The predicted molar refractivity (Wildman–Crippen MR) is 116 cm³/mol. The van der Waals surface area contributed by atoms with Crippen LogP contribution in [0.3, 0.4) is 0 Å². The number of nitrogens with zero attached hydrogens (tertiary/aromatic N) is 1. The molecule has 0 unspecified atom stereocenters. The lowest BCUT2D eigenvalue weighted by Gasteiger charge is -2.10. The lowest BCUT2D eigenvalue weighted by molar-refractivity contribution is -0.135. The van der Waals surface area contributed by atoms with Crippen molar-refractivity contribution in [2.75, 3.05) is 19.8 Å². The van der Waals surface area contributed by atoms with E-state index in [9.17, 15) is 14.4 Å². The fourth-order valence-corrected chi connectivity index (χ4v) is 4.15. The maximum absolute atomic E-state index is 13.0. The van der Waals surface area contributed by atoms with Crippen molar-refractivity contribution in [3.05, 3.63) is 54.9 Å². The van der Waals surface area contributed by atoms with Gasteiger partial charge in [-0.25, -0.2) is 4.79 Å². The van der Waals surface area contributed by atoms with Crippen molar-refractivity contribution in [1.29, 1.82) is 0 Å². The Morgan fingerprint density at radius 2 is 2.10 bits per heavy atom. The van der Waals surface area contributed by atoms with Gasteiger partial charge in [0, 0.05) is 13.2 Å². The first-order valence-electron chi connectivity index (χ1n) is 10.0. The van der Waals surface area contributed by atoms with E-state index in [-0.39, 0.29) is 30.7 Å². The Balaban J connectivity index is 1.89. The zero-order valence-corrected chi connectivity index (χ0v) is 18.0. The summed E-state index contributed by atoms with van der Waals surface area (Å²) in [5.74, 6) is -0.847. The van der Waals surface area contributed by atoms with Gasteiger partial charge in [0.25, 0.3) is 5.56 Å². The van der Waals surface area contributed by atoms with E-state index in [4.69, 9.17) is 9.47 Å². The molecule has 0 aliphatic carbocycles. The van der Waals surface area contributed by atoms with Gasteiger partial charge in [-0.05, 0) is 38.3 Å². The van der Waals surface area contributed by atoms with Crippen LogP contribution in [0.5, 0.6) is 0 Å². The highest BCUT2D eigenvalue weighted by Gasteiger charge is 2.17. The molecular weight excluding hydrogens is 404 g/mol. The molecule has 1 N–H and O–H groups in total. The highest BCUT2D eigenvalue weighted by molar-refractivity contribution is 7.07. The molecule has 1 saturated heterocycles. The molecule has 3 rings (SSSR count). The maximum Gasteiger partial charge on any atom is 0.333 e. The number of thiazole rings is 1. The van der Waals surface area contributed by atoms with Crippen LogP contribution in [-0.2, 0) is 25.6 Å². The third-order valence-electron chi connectivity index (χ3n) is 4.69. The number of carbonyl (C=O) groups is 2. The van der Waals surface area contributed by atoms with Crippen LogP contribution in [0.2, 0.25) is 0 Å². The number of esters is 1. The molecule has 160 valence electrons. The minimum Gasteiger partial charge on any atom is -0.463 e. The molecule has 1 aliphatic heterocycles. The van der Waals surface area contributed by atoms with E-state index in [1.54, 1.807) is 13.0 Å². The van der Waals surface area contributed by atoms with Crippen molar-refractivity contribution < 1.29 is 19.1 Å². The third-order valence-corrected chi connectivity index (χ3v) is 5.75. The Bertz CT molecular complexity index is 1060. The molecule has 7 nitrogen and oxygen atoms in total. The molecular formula is C22H26N2O5S. The molecule has 1 aromatic heterocycles. The zero-order valence-electron chi connectivity index (χ0n) is 17.2. The van der Waals surface area contributed by atoms with Crippen LogP contribution in [0.15, 0.2) is 29.1 Å². The van der Waals surface area contributed by atoms with E-state index in [0.717, 1.165) is 35.3 Å². The van der Waals surface area contributed by atoms with E-state index in [1.807, 2.05) is 31.2 Å². The van der Waals surface area contributed by atoms with Gasteiger partial charge in [0.1, 0.15) is 11.2 Å². The summed E-state index contributed by atoms with van der Waals surface area (Å²) in [7, 11) is 0. The summed E-state index contributed by atoms with van der Waals surface area (Å²) in [5, 5.41) is 2.81. The van der Waals surface area contributed by atoms with E-state index in [2.05, 4.69) is 5.32 Å². The SMILES string of the molecule is CCOC(=O)/C=c1\s/c(=C\c2ccc(C)cc2)c(=O)n1CC(=O)NC[C@H]1CCCO1. The van der Waals surface area contributed by atoms with Gasteiger partial charge < -0.3 is 14.8 Å². The van der Waals surface area contributed by atoms with Crippen molar-refractivity contribution in [2.24, 2.45) is 0 Å².